The predicted octanol–water partition coefficient (Wildman–Crippen LogP) is 3.28. The number of aryl methyl sites for hydroxylation is 1. The number of benzene rings is 1. The third-order valence-corrected chi connectivity index (χ3v) is 3.29. The molecular formula is C15H14F2N4. The number of hydrogen-bond donors (Lipinski definition) is 1. The van der Waals surface area contributed by atoms with E-state index < -0.39 is 11.6 Å². The van der Waals surface area contributed by atoms with Gasteiger partial charge in [0, 0.05) is 20.2 Å². The van der Waals surface area contributed by atoms with Gasteiger partial charge < -0.3 is 9.88 Å². The number of nitrogens with one attached hydrogen (secondary N) is 1. The molecule has 0 saturated heterocycles. The van der Waals surface area contributed by atoms with Crippen molar-refractivity contribution in [3.05, 3.63) is 41.5 Å². The van der Waals surface area contributed by atoms with Gasteiger partial charge in [0.15, 0.2) is 5.65 Å². The Bertz CT molecular complexity index is 824. The SMILES string of the molecule is Cc1cc(-c2nc3nc(N(C)C)ccc3[nH]2)c(F)cc1F. The van der Waals surface area contributed by atoms with Crippen LogP contribution in [-0.2, 0) is 0 Å². The van der Waals surface area contributed by atoms with Crippen LogP contribution in [-0.4, -0.2) is 29.0 Å². The van der Waals surface area contributed by atoms with Gasteiger partial charge in [-0.3, -0.25) is 0 Å². The number of aromatic nitrogens is 3. The van der Waals surface area contributed by atoms with Gasteiger partial charge in [0.05, 0.1) is 11.1 Å². The van der Waals surface area contributed by atoms with Crippen LogP contribution in [0.25, 0.3) is 22.6 Å². The summed E-state index contributed by atoms with van der Waals surface area (Å²) in [6.07, 6.45) is 0. The van der Waals surface area contributed by atoms with E-state index in [1.165, 1.54) is 6.07 Å². The number of hydrogen-bond acceptors (Lipinski definition) is 3. The van der Waals surface area contributed by atoms with Crippen LogP contribution < -0.4 is 4.90 Å². The number of rotatable bonds is 2. The fourth-order valence-electron chi connectivity index (χ4n) is 2.10. The van der Waals surface area contributed by atoms with E-state index in [0.29, 0.717) is 22.6 Å². The zero-order valence-electron chi connectivity index (χ0n) is 11.9. The first-order valence-electron chi connectivity index (χ1n) is 6.46. The monoisotopic (exact) mass is 288 g/mol. The van der Waals surface area contributed by atoms with Crippen LogP contribution in [0, 0.1) is 18.6 Å². The van der Waals surface area contributed by atoms with Crippen molar-refractivity contribution in [2.24, 2.45) is 0 Å². The van der Waals surface area contributed by atoms with E-state index in [1.807, 2.05) is 31.1 Å². The van der Waals surface area contributed by atoms with Crippen molar-refractivity contribution >= 4 is 17.0 Å². The summed E-state index contributed by atoms with van der Waals surface area (Å²) in [5.74, 6) is -0.115. The lowest BCUT2D eigenvalue weighted by Gasteiger charge is -2.09. The molecule has 3 aromatic rings. The summed E-state index contributed by atoms with van der Waals surface area (Å²) in [4.78, 5) is 13.5. The molecule has 0 saturated carbocycles. The number of H-pyrrole nitrogens is 1. The molecule has 4 nitrogen and oxygen atoms in total. The minimum atomic E-state index is -0.648. The molecule has 108 valence electrons. The highest BCUT2D eigenvalue weighted by Crippen LogP contribution is 2.25. The molecule has 0 unspecified atom stereocenters. The van der Waals surface area contributed by atoms with Gasteiger partial charge >= 0.3 is 0 Å². The number of anilines is 1. The molecule has 3 rings (SSSR count). The van der Waals surface area contributed by atoms with E-state index >= 15 is 0 Å². The van der Waals surface area contributed by atoms with Gasteiger partial charge in [0.25, 0.3) is 0 Å². The molecule has 0 bridgehead atoms. The van der Waals surface area contributed by atoms with E-state index in [2.05, 4.69) is 15.0 Å². The van der Waals surface area contributed by atoms with Crippen LogP contribution >= 0.6 is 0 Å². The average Bonchev–Trinajstić information content (AvgIpc) is 2.85. The van der Waals surface area contributed by atoms with E-state index in [4.69, 9.17) is 0 Å². The number of nitrogens with zero attached hydrogens (tertiary/aromatic N) is 3. The molecule has 2 aromatic heterocycles. The smallest absolute Gasteiger partial charge is 0.180 e. The average molecular weight is 288 g/mol. The number of aromatic amines is 1. The van der Waals surface area contributed by atoms with Crippen LogP contribution in [0.15, 0.2) is 24.3 Å². The highest BCUT2D eigenvalue weighted by Gasteiger charge is 2.14. The molecule has 1 aromatic carbocycles. The van der Waals surface area contributed by atoms with E-state index in [0.717, 1.165) is 11.9 Å². The van der Waals surface area contributed by atoms with Gasteiger partial charge in [-0.15, -0.1) is 0 Å². The minimum absolute atomic E-state index is 0.235. The molecule has 1 N–H and O–H groups in total. The summed E-state index contributed by atoms with van der Waals surface area (Å²) in [5.41, 5.74) is 1.81. The lowest BCUT2D eigenvalue weighted by atomic mass is 10.1. The lowest BCUT2D eigenvalue weighted by Crippen LogP contribution is -2.10. The largest absolute Gasteiger partial charge is 0.363 e. The lowest BCUT2D eigenvalue weighted by molar-refractivity contribution is 0.579. The summed E-state index contributed by atoms with van der Waals surface area (Å²) >= 11 is 0. The van der Waals surface area contributed by atoms with Gasteiger partial charge in [-0.05, 0) is 30.7 Å². The summed E-state index contributed by atoms with van der Waals surface area (Å²) < 4.78 is 27.3. The van der Waals surface area contributed by atoms with Crippen molar-refractivity contribution in [2.75, 3.05) is 19.0 Å². The van der Waals surface area contributed by atoms with Gasteiger partial charge in [0.1, 0.15) is 23.3 Å². The van der Waals surface area contributed by atoms with Crippen LogP contribution in [0.2, 0.25) is 0 Å². The first-order chi connectivity index (χ1) is 9.95. The Morgan fingerprint density at radius 2 is 1.81 bits per heavy atom. The molecule has 0 radical (unpaired) electrons. The molecule has 0 spiro atoms. The maximum absolute atomic E-state index is 13.9. The number of imidazole rings is 1. The third kappa shape index (κ3) is 2.33. The third-order valence-electron chi connectivity index (χ3n) is 3.29. The fraction of sp³-hybridized carbons (Fsp3) is 0.200. The Balaban J connectivity index is 2.15. The molecule has 0 atom stereocenters. The van der Waals surface area contributed by atoms with Gasteiger partial charge in [-0.25, -0.2) is 18.7 Å². The topological polar surface area (TPSA) is 44.8 Å². The van der Waals surface area contributed by atoms with Crippen molar-refractivity contribution in [2.45, 2.75) is 6.92 Å². The second kappa shape index (κ2) is 4.80. The maximum Gasteiger partial charge on any atom is 0.180 e. The molecule has 0 amide bonds. The first-order valence-corrected chi connectivity index (χ1v) is 6.46. The Morgan fingerprint density at radius 3 is 2.52 bits per heavy atom. The Kier molecular flexibility index (Phi) is 3.08. The minimum Gasteiger partial charge on any atom is -0.363 e. The van der Waals surface area contributed by atoms with Gasteiger partial charge in [0.2, 0.25) is 0 Å². The highest BCUT2D eigenvalue weighted by molar-refractivity contribution is 5.77. The molecule has 6 heteroatoms. The molecule has 21 heavy (non-hydrogen) atoms. The molecule has 0 aliphatic carbocycles. The summed E-state index contributed by atoms with van der Waals surface area (Å²) in [7, 11) is 3.76. The molecule has 0 aliphatic rings. The zero-order valence-corrected chi connectivity index (χ0v) is 11.9. The van der Waals surface area contributed by atoms with E-state index in [-0.39, 0.29) is 5.56 Å². The van der Waals surface area contributed by atoms with E-state index in [1.54, 1.807) is 6.92 Å². The fourth-order valence-corrected chi connectivity index (χ4v) is 2.10. The zero-order chi connectivity index (χ0) is 15.1. The van der Waals surface area contributed by atoms with Crippen LogP contribution in [0.5, 0.6) is 0 Å². The molecular weight excluding hydrogens is 274 g/mol. The van der Waals surface area contributed by atoms with Crippen LogP contribution in [0.3, 0.4) is 0 Å². The van der Waals surface area contributed by atoms with Gasteiger partial charge in [-0.2, -0.15) is 0 Å². The molecule has 0 aliphatic heterocycles. The quantitative estimate of drug-likeness (QED) is 0.787. The second-order valence-corrected chi connectivity index (χ2v) is 5.10. The van der Waals surface area contributed by atoms with E-state index in [9.17, 15) is 8.78 Å². The molecule has 0 fully saturated rings. The Morgan fingerprint density at radius 1 is 1.05 bits per heavy atom. The van der Waals surface area contributed by atoms with Crippen molar-refractivity contribution in [1.29, 1.82) is 0 Å². The van der Waals surface area contributed by atoms with Crippen molar-refractivity contribution in [1.82, 2.24) is 15.0 Å². The normalized spacial score (nSPS) is 11.1. The highest BCUT2D eigenvalue weighted by atomic mass is 19.1. The number of fused-ring (bicyclic) bond motifs is 1. The van der Waals surface area contributed by atoms with Crippen LogP contribution in [0.1, 0.15) is 5.56 Å². The number of halogens is 2. The van der Waals surface area contributed by atoms with Gasteiger partial charge in [-0.1, -0.05) is 0 Å². The van der Waals surface area contributed by atoms with Crippen molar-refractivity contribution in [3.63, 3.8) is 0 Å². The Hall–Kier alpha value is -2.50. The van der Waals surface area contributed by atoms with Crippen molar-refractivity contribution < 1.29 is 8.78 Å². The summed E-state index contributed by atoms with van der Waals surface area (Å²) in [5, 5.41) is 0. The number of pyridine rings is 1. The summed E-state index contributed by atoms with van der Waals surface area (Å²) in [6, 6.07) is 5.99. The Labute approximate surface area is 120 Å². The van der Waals surface area contributed by atoms with Crippen LogP contribution in [0.4, 0.5) is 14.6 Å². The molecule has 2 heterocycles. The summed E-state index contributed by atoms with van der Waals surface area (Å²) in [6.45, 7) is 1.59. The maximum atomic E-state index is 13.9. The first kappa shape index (κ1) is 13.5. The predicted molar refractivity (Wildman–Crippen MR) is 78.3 cm³/mol. The standard InChI is InChI=1S/C15H14F2N4/c1-8-6-9(11(17)7-10(8)16)14-18-12-4-5-13(21(2)3)19-15(12)20-14/h4-7H,1-3H3,(H,18,19,20). The second-order valence-electron chi connectivity index (χ2n) is 5.10. The van der Waals surface area contributed by atoms with Crippen molar-refractivity contribution in [3.8, 4) is 11.4 Å².